The normalized spacial score (nSPS) is 22.4. The van der Waals surface area contributed by atoms with Crippen LogP contribution in [0.25, 0.3) is 0 Å². The molecule has 1 saturated carbocycles. The Morgan fingerprint density at radius 1 is 0.960 bits per heavy atom. The van der Waals surface area contributed by atoms with Crippen molar-refractivity contribution in [3.8, 4) is 0 Å². The first-order valence-electron chi connectivity index (χ1n) is 10.5. The number of rotatable bonds is 8. The van der Waals surface area contributed by atoms with Crippen LogP contribution >= 0.6 is 0 Å². The minimum atomic E-state index is -0.889. The van der Waals surface area contributed by atoms with Gasteiger partial charge in [0.2, 0.25) is 0 Å². The van der Waals surface area contributed by atoms with Crippen molar-refractivity contribution in [2.75, 3.05) is 7.11 Å². The molecule has 148 valence electrons. The van der Waals surface area contributed by atoms with Gasteiger partial charge in [0.15, 0.2) is 5.79 Å². The van der Waals surface area contributed by atoms with Crippen molar-refractivity contribution in [2.45, 2.75) is 116 Å². The molecular formula is C22H42O3. The number of hydrogen-bond acceptors (Lipinski definition) is 3. The van der Waals surface area contributed by atoms with E-state index in [2.05, 4.69) is 18.4 Å². The van der Waals surface area contributed by atoms with E-state index in [9.17, 15) is 5.26 Å². The lowest BCUT2D eigenvalue weighted by molar-refractivity contribution is -0.395. The van der Waals surface area contributed by atoms with Crippen LogP contribution < -0.4 is 0 Å². The van der Waals surface area contributed by atoms with Gasteiger partial charge in [0.05, 0.1) is 0 Å². The first-order chi connectivity index (χ1) is 12.0. The standard InChI is InChI=1S/C22H42O3/c1-20(2)14-17-22(19-18-21(3,24-4)25-23)15-12-10-8-6-5-7-9-11-13-16-22/h23H,1,5-19H2,2-4H3. The molecule has 1 N–H and O–H groups in total. The van der Waals surface area contributed by atoms with Gasteiger partial charge in [-0.25, -0.2) is 10.1 Å². The van der Waals surface area contributed by atoms with Gasteiger partial charge in [-0.05, 0) is 51.4 Å². The monoisotopic (exact) mass is 354 g/mol. The molecule has 25 heavy (non-hydrogen) atoms. The molecule has 0 aromatic rings. The van der Waals surface area contributed by atoms with Gasteiger partial charge in [-0.15, -0.1) is 6.58 Å². The Balaban J connectivity index is 2.79. The highest BCUT2D eigenvalue weighted by atomic mass is 17.1. The van der Waals surface area contributed by atoms with E-state index in [0.717, 1.165) is 19.3 Å². The van der Waals surface area contributed by atoms with Gasteiger partial charge in [0, 0.05) is 13.5 Å². The predicted octanol–water partition coefficient (Wildman–Crippen LogP) is 7.27. The van der Waals surface area contributed by atoms with Crippen LogP contribution in [-0.2, 0) is 9.62 Å². The Bertz CT molecular complexity index is 348. The largest absolute Gasteiger partial charge is 0.351 e. The maximum atomic E-state index is 9.23. The maximum Gasteiger partial charge on any atom is 0.198 e. The van der Waals surface area contributed by atoms with Crippen molar-refractivity contribution >= 4 is 0 Å². The Hall–Kier alpha value is -0.380. The van der Waals surface area contributed by atoms with E-state index in [4.69, 9.17) is 4.74 Å². The van der Waals surface area contributed by atoms with Gasteiger partial charge in [-0.3, -0.25) is 0 Å². The van der Waals surface area contributed by atoms with E-state index in [0.29, 0.717) is 5.41 Å². The molecule has 0 aliphatic heterocycles. The third kappa shape index (κ3) is 9.21. The van der Waals surface area contributed by atoms with Gasteiger partial charge < -0.3 is 4.74 Å². The molecule has 0 aromatic heterocycles. The van der Waals surface area contributed by atoms with Gasteiger partial charge in [0.25, 0.3) is 0 Å². The summed E-state index contributed by atoms with van der Waals surface area (Å²) in [6, 6.07) is 0. The molecule has 0 saturated heterocycles. The molecule has 3 heteroatoms. The van der Waals surface area contributed by atoms with Gasteiger partial charge in [-0.1, -0.05) is 63.4 Å². The lowest BCUT2D eigenvalue weighted by atomic mass is 9.70. The van der Waals surface area contributed by atoms with Crippen LogP contribution in [-0.4, -0.2) is 18.2 Å². The van der Waals surface area contributed by atoms with Crippen molar-refractivity contribution in [3.05, 3.63) is 12.2 Å². The number of ether oxygens (including phenoxy) is 1. The Labute approximate surface area is 156 Å². The van der Waals surface area contributed by atoms with E-state index < -0.39 is 5.79 Å². The molecule has 0 radical (unpaired) electrons. The van der Waals surface area contributed by atoms with Gasteiger partial charge >= 0.3 is 0 Å². The van der Waals surface area contributed by atoms with Crippen molar-refractivity contribution in [2.24, 2.45) is 5.41 Å². The number of hydrogen-bond donors (Lipinski definition) is 1. The van der Waals surface area contributed by atoms with E-state index in [-0.39, 0.29) is 0 Å². The zero-order chi connectivity index (χ0) is 18.6. The molecule has 1 atom stereocenters. The summed E-state index contributed by atoms with van der Waals surface area (Å²) in [5, 5.41) is 9.23. The van der Waals surface area contributed by atoms with E-state index in [1.807, 2.05) is 6.92 Å². The minimum Gasteiger partial charge on any atom is -0.351 e. The third-order valence-electron chi connectivity index (χ3n) is 6.23. The highest BCUT2D eigenvalue weighted by Crippen LogP contribution is 2.43. The lowest BCUT2D eigenvalue weighted by Crippen LogP contribution is -2.33. The molecule has 1 rings (SSSR count). The number of methoxy groups -OCH3 is 1. The van der Waals surface area contributed by atoms with Crippen LogP contribution in [0.3, 0.4) is 0 Å². The fourth-order valence-electron chi connectivity index (χ4n) is 4.14. The van der Waals surface area contributed by atoms with Crippen LogP contribution in [0.15, 0.2) is 12.2 Å². The third-order valence-corrected chi connectivity index (χ3v) is 6.23. The second kappa shape index (κ2) is 12.1. The average Bonchev–Trinajstić information content (AvgIpc) is 2.60. The summed E-state index contributed by atoms with van der Waals surface area (Å²) in [4.78, 5) is 4.65. The summed E-state index contributed by atoms with van der Waals surface area (Å²) in [7, 11) is 1.61. The van der Waals surface area contributed by atoms with Crippen LogP contribution in [0.2, 0.25) is 0 Å². The first-order valence-corrected chi connectivity index (χ1v) is 10.5. The summed E-state index contributed by atoms with van der Waals surface area (Å²) < 4.78 is 5.40. The van der Waals surface area contributed by atoms with E-state index in [1.54, 1.807) is 7.11 Å². The topological polar surface area (TPSA) is 38.7 Å². The SMILES string of the molecule is C=C(C)CCC1(CCC(C)(OC)OO)CCCCCCCCCCC1. The maximum absolute atomic E-state index is 9.23. The molecule has 1 unspecified atom stereocenters. The van der Waals surface area contributed by atoms with Crippen molar-refractivity contribution in [1.29, 1.82) is 0 Å². The summed E-state index contributed by atoms with van der Waals surface area (Å²) >= 11 is 0. The summed E-state index contributed by atoms with van der Waals surface area (Å²) in [6.45, 7) is 8.09. The van der Waals surface area contributed by atoms with Gasteiger partial charge in [0.1, 0.15) is 0 Å². The second-order valence-corrected chi connectivity index (χ2v) is 8.57. The fourth-order valence-corrected chi connectivity index (χ4v) is 4.14. The van der Waals surface area contributed by atoms with Crippen LogP contribution in [0.1, 0.15) is 110 Å². The highest BCUT2D eigenvalue weighted by Gasteiger charge is 2.34. The smallest absolute Gasteiger partial charge is 0.198 e. The molecule has 0 aromatic carbocycles. The van der Waals surface area contributed by atoms with Crippen LogP contribution in [0.5, 0.6) is 0 Å². The summed E-state index contributed by atoms with van der Waals surface area (Å²) in [6.07, 6.45) is 19.0. The Morgan fingerprint density at radius 2 is 1.44 bits per heavy atom. The fraction of sp³-hybridized carbons (Fsp3) is 0.909. The zero-order valence-corrected chi connectivity index (χ0v) is 17.1. The minimum absolute atomic E-state index is 0.330. The first kappa shape index (κ1) is 22.7. The molecular weight excluding hydrogens is 312 g/mol. The molecule has 0 spiro atoms. The summed E-state index contributed by atoms with van der Waals surface area (Å²) in [5.41, 5.74) is 1.61. The predicted molar refractivity (Wildman–Crippen MR) is 106 cm³/mol. The number of allylic oxidation sites excluding steroid dienone is 1. The van der Waals surface area contributed by atoms with E-state index >= 15 is 0 Å². The van der Waals surface area contributed by atoms with Crippen molar-refractivity contribution in [3.63, 3.8) is 0 Å². The second-order valence-electron chi connectivity index (χ2n) is 8.57. The zero-order valence-electron chi connectivity index (χ0n) is 17.1. The Morgan fingerprint density at radius 3 is 1.84 bits per heavy atom. The van der Waals surface area contributed by atoms with Crippen LogP contribution in [0.4, 0.5) is 0 Å². The van der Waals surface area contributed by atoms with Crippen molar-refractivity contribution < 1.29 is 14.9 Å². The molecule has 0 heterocycles. The quantitative estimate of drug-likeness (QED) is 0.216. The van der Waals surface area contributed by atoms with Crippen molar-refractivity contribution in [1.82, 2.24) is 0 Å². The molecule has 1 aliphatic carbocycles. The Kier molecular flexibility index (Phi) is 11.0. The molecule has 1 aliphatic rings. The summed E-state index contributed by atoms with van der Waals surface area (Å²) in [5.74, 6) is -0.889. The molecule has 3 nitrogen and oxygen atoms in total. The van der Waals surface area contributed by atoms with Gasteiger partial charge in [-0.2, -0.15) is 0 Å². The molecule has 0 bridgehead atoms. The average molecular weight is 355 g/mol. The highest BCUT2D eigenvalue weighted by molar-refractivity contribution is 4.92. The lowest BCUT2D eigenvalue weighted by Gasteiger charge is -2.37. The van der Waals surface area contributed by atoms with Crippen LogP contribution in [0, 0.1) is 5.41 Å². The van der Waals surface area contributed by atoms with E-state index in [1.165, 1.54) is 82.6 Å². The molecule has 1 fully saturated rings. The molecule has 0 amide bonds.